The molecule has 1 amide bonds. The summed E-state index contributed by atoms with van der Waals surface area (Å²) in [6.45, 7) is 5.56. The third-order valence-corrected chi connectivity index (χ3v) is 2.45. The van der Waals surface area contributed by atoms with Crippen molar-refractivity contribution in [1.29, 1.82) is 0 Å². The number of amides is 1. The Bertz CT molecular complexity index is 447. The second-order valence-electron chi connectivity index (χ2n) is 4.99. The zero-order valence-corrected chi connectivity index (χ0v) is 10.5. The number of furan rings is 1. The molecule has 0 aromatic carbocycles. The lowest BCUT2D eigenvalue weighted by atomic mass is 9.89. The van der Waals surface area contributed by atoms with Crippen LogP contribution >= 0.6 is 0 Å². The minimum atomic E-state index is -0.721. The Balaban J connectivity index is 2.58. The molecular weight excluding hydrogens is 240 g/mol. The summed E-state index contributed by atoms with van der Waals surface area (Å²) in [4.78, 5) is 21.2. The molecule has 0 bridgehead atoms. The number of carbonyl (C=O) groups is 1. The highest BCUT2D eigenvalue weighted by molar-refractivity contribution is 5.91. The van der Waals surface area contributed by atoms with Crippen molar-refractivity contribution in [3.63, 3.8) is 0 Å². The van der Waals surface area contributed by atoms with Gasteiger partial charge in [-0.3, -0.25) is 14.9 Å². The minimum absolute atomic E-state index is 0.0524. The molecule has 7 heteroatoms. The first-order valence-electron chi connectivity index (χ1n) is 5.42. The van der Waals surface area contributed by atoms with Crippen LogP contribution in [0.5, 0.6) is 0 Å². The Morgan fingerprint density at radius 3 is 2.61 bits per heavy atom. The average Bonchev–Trinajstić information content (AvgIpc) is 2.73. The van der Waals surface area contributed by atoms with E-state index in [1.165, 1.54) is 6.07 Å². The van der Waals surface area contributed by atoms with E-state index < -0.39 is 22.8 Å². The SMILES string of the molecule is CC(C)(C)C(O)CNC(=O)c1ccc([N+](=O)[O-])o1. The van der Waals surface area contributed by atoms with Crippen LogP contribution in [0.2, 0.25) is 0 Å². The van der Waals surface area contributed by atoms with E-state index in [1.54, 1.807) is 0 Å². The zero-order chi connectivity index (χ0) is 13.9. The van der Waals surface area contributed by atoms with Crippen LogP contribution in [0.25, 0.3) is 0 Å². The number of hydrogen-bond donors (Lipinski definition) is 2. The first-order valence-corrected chi connectivity index (χ1v) is 5.42. The highest BCUT2D eigenvalue weighted by atomic mass is 16.6. The number of aliphatic hydroxyl groups excluding tert-OH is 1. The van der Waals surface area contributed by atoms with Gasteiger partial charge in [-0.15, -0.1) is 0 Å². The van der Waals surface area contributed by atoms with Gasteiger partial charge in [0.15, 0.2) is 5.76 Å². The maximum Gasteiger partial charge on any atom is 0.433 e. The number of nitrogens with zero attached hydrogens (tertiary/aromatic N) is 1. The van der Waals surface area contributed by atoms with Gasteiger partial charge in [0.2, 0.25) is 0 Å². The van der Waals surface area contributed by atoms with Crippen LogP contribution in [0, 0.1) is 15.5 Å². The Kier molecular flexibility index (Phi) is 4.07. The molecule has 0 saturated heterocycles. The highest BCUT2D eigenvalue weighted by Gasteiger charge is 2.23. The molecule has 1 aromatic rings. The second-order valence-corrected chi connectivity index (χ2v) is 4.99. The number of carbonyl (C=O) groups excluding carboxylic acids is 1. The number of nitro groups is 1. The van der Waals surface area contributed by atoms with Gasteiger partial charge < -0.3 is 14.8 Å². The monoisotopic (exact) mass is 256 g/mol. The molecule has 100 valence electrons. The van der Waals surface area contributed by atoms with Crippen molar-refractivity contribution in [2.45, 2.75) is 26.9 Å². The van der Waals surface area contributed by atoms with E-state index in [0.29, 0.717) is 0 Å². The smallest absolute Gasteiger partial charge is 0.395 e. The van der Waals surface area contributed by atoms with Gasteiger partial charge in [0.05, 0.1) is 12.2 Å². The molecule has 1 heterocycles. The summed E-state index contributed by atoms with van der Waals surface area (Å²) in [6.07, 6.45) is -0.716. The molecule has 1 unspecified atom stereocenters. The van der Waals surface area contributed by atoms with Gasteiger partial charge in [0, 0.05) is 6.54 Å². The molecule has 1 rings (SSSR count). The number of nitrogens with one attached hydrogen (secondary N) is 1. The van der Waals surface area contributed by atoms with E-state index in [0.717, 1.165) is 6.07 Å². The van der Waals surface area contributed by atoms with Crippen molar-refractivity contribution >= 4 is 11.8 Å². The molecule has 1 atom stereocenters. The van der Waals surface area contributed by atoms with Crippen molar-refractivity contribution in [3.8, 4) is 0 Å². The number of rotatable bonds is 4. The first-order chi connectivity index (χ1) is 8.21. The Morgan fingerprint density at radius 2 is 2.17 bits per heavy atom. The van der Waals surface area contributed by atoms with E-state index in [4.69, 9.17) is 4.42 Å². The maximum atomic E-state index is 11.6. The predicted molar refractivity (Wildman–Crippen MR) is 63.2 cm³/mol. The molecule has 0 spiro atoms. The quantitative estimate of drug-likeness (QED) is 0.624. The maximum absolute atomic E-state index is 11.6. The van der Waals surface area contributed by atoms with Crippen LogP contribution in [0.4, 0.5) is 5.88 Å². The van der Waals surface area contributed by atoms with Gasteiger partial charge in [0.1, 0.15) is 4.92 Å². The molecule has 0 aliphatic carbocycles. The Hall–Kier alpha value is -1.89. The molecule has 18 heavy (non-hydrogen) atoms. The van der Waals surface area contributed by atoms with Crippen LogP contribution in [0.1, 0.15) is 31.3 Å². The van der Waals surface area contributed by atoms with Crippen LogP contribution < -0.4 is 5.32 Å². The molecule has 2 N–H and O–H groups in total. The Labute approximate surface area is 104 Å². The molecule has 0 saturated carbocycles. The average molecular weight is 256 g/mol. The van der Waals surface area contributed by atoms with Crippen LogP contribution in [-0.4, -0.2) is 28.6 Å². The minimum Gasteiger partial charge on any atom is -0.395 e. The summed E-state index contributed by atoms with van der Waals surface area (Å²) < 4.78 is 4.73. The molecule has 1 aromatic heterocycles. The lowest BCUT2D eigenvalue weighted by molar-refractivity contribution is -0.402. The standard InChI is InChI=1S/C11H16N2O5/c1-11(2,3)8(14)6-12-10(15)7-4-5-9(18-7)13(16)17/h4-5,8,14H,6H2,1-3H3,(H,12,15). The molecule has 7 nitrogen and oxygen atoms in total. The summed E-state index contributed by atoms with van der Waals surface area (Å²) >= 11 is 0. The third kappa shape index (κ3) is 3.56. The van der Waals surface area contributed by atoms with Crippen LogP contribution in [-0.2, 0) is 0 Å². The van der Waals surface area contributed by atoms with E-state index in [2.05, 4.69) is 5.32 Å². The molecule has 0 aliphatic heterocycles. The fourth-order valence-corrected chi connectivity index (χ4v) is 1.13. The highest BCUT2D eigenvalue weighted by Crippen LogP contribution is 2.19. The summed E-state index contributed by atoms with van der Waals surface area (Å²) in [5, 5.41) is 22.5. The zero-order valence-electron chi connectivity index (χ0n) is 10.5. The largest absolute Gasteiger partial charge is 0.433 e. The fourth-order valence-electron chi connectivity index (χ4n) is 1.13. The normalized spacial score (nSPS) is 13.1. The van der Waals surface area contributed by atoms with E-state index in [9.17, 15) is 20.0 Å². The van der Waals surface area contributed by atoms with Gasteiger partial charge in [-0.2, -0.15) is 0 Å². The van der Waals surface area contributed by atoms with E-state index in [1.807, 2.05) is 20.8 Å². The first kappa shape index (κ1) is 14.2. The predicted octanol–water partition coefficient (Wildman–Crippen LogP) is 1.32. The van der Waals surface area contributed by atoms with E-state index in [-0.39, 0.29) is 17.7 Å². The van der Waals surface area contributed by atoms with Gasteiger partial charge in [-0.05, 0) is 11.5 Å². The topological polar surface area (TPSA) is 106 Å². The molecular formula is C11H16N2O5. The summed E-state index contributed by atoms with van der Waals surface area (Å²) in [7, 11) is 0. The van der Waals surface area contributed by atoms with Crippen molar-refractivity contribution in [1.82, 2.24) is 5.32 Å². The van der Waals surface area contributed by atoms with Crippen LogP contribution in [0.3, 0.4) is 0 Å². The van der Waals surface area contributed by atoms with Gasteiger partial charge in [-0.25, -0.2) is 0 Å². The van der Waals surface area contributed by atoms with Crippen molar-refractivity contribution in [3.05, 3.63) is 28.0 Å². The van der Waals surface area contributed by atoms with Crippen molar-refractivity contribution < 1.29 is 19.2 Å². The summed E-state index contributed by atoms with van der Waals surface area (Å²) in [5.74, 6) is -1.23. The Morgan fingerprint density at radius 1 is 1.56 bits per heavy atom. The summed E-state index contributed by atoms with van der Waals surface area (Å²) in [6, 6.07) is 2.33. The fraction of sp³-hybridized carbons (Fsp3) is 0.545. The van der Waals surface area contributed by atoms with Gasteiger partial charge >= 0.3 is 5.88 Å². The van der Waals surface area contributed by atoms with E-state index >= 15 is 0 Å². The molecule has 0 fully saturated rings. The summed E-state index contributed by atoms with van der Waals surface area (Å²) in [5.41, 5.74) is -0.359. The van der Waals surface area contributed by atoms with Crippen LogP contribution in [0.15, 0.2) is 16.5 Å². The molecule has 0 aliphatic rings. The lowest BCUT2D eigenvalue weighted by Crippen LogP contribution is -2.39. The second kappa shape index (κ2) is 5.18. The number of aliphatic hydroxyl groups is 1. The van der Waals surface area contributed by atoms with Gasteiger partial charge in [-0.1, -0.05) is 20.8 Å². The molecule has 0 radical (unpaired) electrons. The van der Waals surface area contributed by atoms with Gasteiger partial charge in [0.25, 0.3) is 5.91 Å². The lowest BCUT2D eigenvalue weighted by Gasteiger charge is -2.25. The third-order valence-electron chi connectivity index (χ3n) is 2.45. The number of hydrogen-bond acceptors (Lipinski definition) is 5. The van der Waals surface area contributed by atoms with Crippen molar-refractivity contribution in [2.75, 3.05) is 6.54 Å². The van der Waals surface area contributed by atoms with Crippen molar-refractivity contribution in [2.24, 2.45) is 5.41 Å².